The number of carbonyl (C=O) groups is 1. The van der Waals surface area contributed by atoms with E-state index < -0.39 is 0 Å². The standard InChI is InChI=1S/C31H34N6O/c1-21-9-13-24(14-10-21)17-26(18-33-30(38)29-23(3)34-20-35(29)4)37-28-8-6-5-7-27(28)36(31(37)32)19-25-15-11-22(2)12-16-25/h5-16,20,26,32H,17-19H2,1-4H3,(H,33,38)/t26-/m0/s1. The van der Waals surface area contributed by atoms with E-state index in [2.05, 4.69) is 93.9 Å². The molecule has 0 spiro atoms. The minimum atomic E-state index is -0.160. The number of imidazole rings is 2. The van der Waals surface area contributed by atoms with Crippen LogP contribution < -0.4 is 10.9 Å². The number of carbonyl (C=O) groups excluding carboxylic acids is 1. The van der Waals surface area contributed by atoms with Crippen molar-refractivity contribution < 1.29 is 4.79 Å². The highest BCUT2D eigenvalue weighted by Gasteiger charge is 2.22. The summed E-state index contributed by atoms with van der Waals surface area (Å²) in [6.07, 6.45) is 2.34. The lowest BCUT2D eigenvalue weighted by Gasteiger charge is -2.21. The van der Waals surface area contributed by atoms with Gasteiger partial charge in [-0.25, -0.2) is 4.98 Å². The summed E-state index contributed by atoms with van der Waals surface area (Å²) in [4.78, 5) is 17.4. The number of fused-ring (bicyclic) bond motifs is 1. The third-order valence-corrected chi connectivity index (χ3v) is 7.17. The van der Waals surface area contributed by atoms with Gasteiger partial charge in [0, 0.05) is 13.6 Å². The van der Waals surface area contributed by atoms with E-state index in [0.717, 1.165) is 22.2 Å². The van der Waals surface area contributed by atoms with Crippen molar-refractivity contribution in [2.45, 2.75) is 39.8 Å². The molecule has 0 aliphatic heterocycles. The smallest absolute Gasteiger partial charge is 0.269 e. The first-order chi connectivity index (χ1) is 18.3. The number of rotatable bonds is 8. The van der Waals surface area contributed by atoms with Gasteiger partial charge in [-0.05, 0) is 50.5 Å². The predicted octanol–water partition coefficient (Wildman–Crippen LogP) is 4.84. The van der Waals surface area contributed by atoms with E-state index in [1.54, 1.807) is 10.9 Å². The van der Waals surface area contributed by atoms with Crippen LogP contribution >= 0.6 is 0 Å². The molecule has 7 nitrogen and oxygen atoms in total. The quantitative estimate of drug-likeness (QED) is 0.316. The van der Waals surface area contributed by atoms with Crippen molar-refractivity contribution in [1.82, 2.24) is 24.0 Å². The highest BCUT2D eigenvalue weighted by molar-refractivity contribution is 5.93. The van der Waals surface area contributed by atoms with E-state index in [1.165, 1.54) is 11.1 Å². The summed E-state index contributed by atoms with van der Waals surface area (Å²) < 4.78 is 5.87. The maximum absolute atomic E-state index is 13.2. The van der Waals surface area contributed by atoms with Gasteiger partial charge in [0.25, 0.3) is 5.91 Å². The Kier molecular flexibility index (Phi) is 7.01. The normalized spacial score (nSPS) is 12.1. The van der Waals surface area contributed by atoms with Crippen molar-refractivity contribution in [3.63, 3.8) is 0 Å². The van der Waals surface area contributed by atoms with Crippen molar-refractivity contribution in [3.05, 3.63) is 118 Å². The van der Waals surface area contributed by atoms with Crippen LogP contribution in [0.4, 0.5) is 0 Å². The van der Waals surface area contributed by atoms with Crippen LogP contribution in [0.15, 0.2) is 79.1 Å². The van der Waals surface area contributed by atoms with Crippen molar-refractivity contribution in [2.24, 2.45) is 7.05 Å². The number of aromatic nitrogens is 4. The lowest BCUT2D eigenvalue weighted by atomic mass is 10.0. The minimum absolute atomic E-state index is 0.160. The molecule has 38 heavy (non-hydrogen) atoms. The van der Waals surface area contributed by atoms with E-state index in [0.29, 0.717) is 36.5 Å². The van der Waals surface area contributed by atoms with Gasteiger partial charge in [-0.1, -0.05) is 71.8 Å². The zero-order chi connectivity index (χ0) is 26.8. The Balaban J connectivity index is 1.55. The van der Waals surface area contributed by atoms with Crippen LogP contribution in [0, 0.1) is 26.2 Å². The van der Waals surface area contributed by atoms with Gasteiger partial charge >= 0.3 is 0 Å². The summed E-state index contributed by atoms with van der Waals surface area (Å²) in [5.74, 6) is -0.160. The van der Waals surface area contributed by atoms with Gasteiger partial charge in [-0.2, -0.15) is 0 Å². The maximum Gasteiger partial charge on any atom is 0.269 e. The lowest BCUT2D eigenvalue weighted by molar-refractivity contribution is 0.0938. The highest BCUT2D eigenvalue weighted by atomic mass is 16.2. The summed E-state index contributed by atoms with van der Waals surface area (Å²) in [6.45, 7) is 6.98. The molecule has 0 aliphatic carbocycles. The molecule has 0 radical (unpaired) electrons. The van der Waals surface area contributed by atoms with Crippen LogP contribution in [0.5, 0.6) is 0 Å². The van der Waals surface area contributed by atoms with Gasteiger partial charge in [0.15, 0.2) is 0 Å². The molecule has 5 aromatic rings. The number of amides is 1. The number of nitrogens with zero attached hydrogens (tertiary/aromatic N) is 4. The molecule has 5 rings (SSSR count). The molecule has 1 atom stereocenters. The van der Waals surface area contributed by atoms with E-state index in [1.807, 2.05) is 26.1 Å². The summed E-state index contributed by atoms with van der Waals surface area (Å²) in [7, 11) is 1.83. The molecule has 0 aliphatic rings. The molecule has 0 saturated heterocycles. The number of nitrogens with one attached hydrogen (secondary N) is 2. The third kappa shape index (κ3) is 5.05. The Morgan fingerprint density at radius 1 is 0.895 bits per heavy atom. The highest BCUT2D eigenvalue weighted by Crippen LogP contribution is 2.22. The summed E-state index contributed by atoms with van der Waals surface area (Å²) >= 11 is 0. The average molecular weight is 507 g/mol. The minimum Gasteiger partial charge on any atom is -0.349 e. The number of hydrogen-bond donors (Lipinski definition) is 2. The molecule has 0 unspecified atom stereocenters. The fraction of sp³-hybridized carbons (Fsp3) is 0.258. The first-order valence-corrected chi connectivity index (χ1v) is 12.9. The molecule has 2 aromatic heterocycles. The van der Waals surface area contributed by atoms with Crippen molar-refractivity contribution in [1.29, 1.82) is 5.41 Å². The van der Waals surface area contributed by atoms with Gasteiger partial charge in [0.05, 0.1) is 35.6 Å². The number of para-hydroxylation sites is 2. The van der Waals surface area contributed by atoms with Gasteiger partial charge < -0.3 is 19.0 Å². The second kappa shape index (κ2) is 10.5. The second-order valence-corrected chi connectivity index (χ2v) is 10.1. The fourth-order valence-corrected chi connectivity index (χ4v) is 5.08. The van der Waals surface area contributed by atoms with Crippen LogP contribution in [0.25, 0.3) is 11.0 Å². The van der Waals surface area contributed by atoms with E-state index in [-0.39, 0.29) is 11.9 Å². The van der Waals surface area contributed by atoms with Gasteiger partial charge in [0.1, 0.15) is 5.69 Å². The molecule has 194 valence electrons. The predicted molar refractivity (Wildman–Crippen MR) is 150 cm³/mol. The molecule has 2 heterocycles. The Morgan fingerprint density at radius 2 is 1.50 bits per heavy atom. The number of hydrogen-bond acceptors (Lipinski definition) is 3. The number of benzene rings is 3. The monoisotopic (exact) mass is 506 g/mol. The number of aryl methyl sites for hydroxylation is 4. The molecular weight excluding hydrogens is 472 g/mol. The van der Waals surface area contributed by atoms with Crippen LogP contribution in [0.2, 0.25) is 0 Å². The maximum atomic E-state index is 13.2. The molecule has 7 heteroatoms. The summed E-state index contributed by atoms with van der Waals surface area (Å²) in [5.41, 5.74) is 8.36. The molecule has 0 bridgehead atoms. The SMILES string of the molecule is Cc1ccc(C[C@@H](CNC(=O)c2c(C)ncn2C)n2c(=N)n(Cc3ccc(C)cc3)c3ccccc32)cc1. The zero-order valence-electron chi connectivity index (χ0n) is 22.4. The zero-order valence-corrected chi connectivity index (χ0v) is 22.4. The lowest BCUT2D eigenvalue weighted by Crippen LogP contribution is -2.37. The molecule has 1 amide bonds. The third-order valence-electron chi connectivity index (χ3n) is 7.17. The van der Waals surface area contributed by atoms with E-state index in [4.69, 9.17) is 0 Å². The Morgan fingerprint density at radius 3 is 2.11 bits per heavy atom. The first kappa shape index (κ1) is 25.3. The van der Waals surface area contributed by atoms with Gasteiger partial charge in [-0.15, -0.1) is 0 Å². The Labute approximate surface area is 222 Å². The van der Waals surface area contributed by atoms with Crippen LogP contribution in [-0.4, -0.2) is 31.1 Å². The van der Waals surface area contributed by atoms with Crippen LogP contribution in [0.1, 0.15) is 44.5 Å². The van der Waals surface area contributed by atoms with E-state index in [9.17, 15) is 10.2 Å². The van der Waals surface area contributed by atoms with Crippen LogP contribution in [0.3, 0.4) is 0 Å². The van der Waals surface area contributed by atoms with Gasteiger partial charge in [-0.3, -0.25) is 10.2 Å². The molecule has 0 saturated carbocycles. The molecule has 3 aromatic carbocycles. The summed E-state index contributed by atoms with van der Waals surface area (Å²) in [5, 5.41) is 12.4. The van der Waals surface area contributed by atoms with Crippen molar-refractivity contribution >= 4 is 16.9 Å². The Hall–Kier alpha value is -4.39. The summed E-state index contributed by atoms with van der Waals surface area (Å²) in [6, 6.07) is 24.9. The fourth-order valence-electron chi connectivity index (χ4n) is 5.08. The van der Waals surface area contributed by atoms with Gasteiger partial charge in [0.2, 0.25) is 5.62 Å². The topological polar surface area (TPSA) is 80.6 Å². The van der Waals surface area contributed by atoms with Crippen molar-refractivity contribution in [2.75, 3.05) is 6.54 Å². The first-order valence-electron chi connectivity index (χ1n) is 12.9. The second-order valence-electron chi connectivity index (χ2n) is 10.1. The average Bonchev–Trinajstić information content (AvgIpc) is 3.39. The Bertz CT molecular complexity index is 1620. The van der Waals surface area contributed by atoms with Crippen molar-refractivity contribution in [3.8, 4) is 0 Å². The molecule has 0 fully saturated rings. The van der Waals surface area contributed by atoms with Crippen LogP contribution in [-0.2, 0) is 20.0 Å². The molecule has 2 N–H and O–H groups in total. The van der Waals surface area contributed by atoms with E-state index >= 15 is 0 Å². The molecular formula is C31H34N6O. The largest absolute Gasteiger partial charge is 0.349 e.